The summed E-state index contributed by atoms with van der Waals surface area (Å²) in [7, 11) is 0. The van der Waals surface area contributed by atoms with Crippen LogP contribution in [0.3, 0.4) is 0 Å². The molecule has 0 aliphatic carbocycles. The summed E-state index contributed by atoms with van der Waals surface area (Å²) in [6.45, 7) is 4.54. The molecule has 24 heavy (non-hydrogen) atoms. The van der Waals surface area contributed by atoms with Crippen LogP contribution in [0.15, 0.2) is 91.0 Å². The van der Waals surface area contributed by atoms with E-state index in [-0.39, 0.29) is 18.9 Å². The molecule has 0 fully saturated rings. The molecule has 0 N–H and O–H groups in total. The Hall–Kier alpha value is -1.78. The minimum absolute atomic E-state index is 0. The molecule has 3 aromatic rings. The molecule has 0 aliphatic heterocycles. The maximum atomic E-state index is 6.47. The van der Waals surface area contributed by atoms with Gasteiger partial charge >= 0.3 is 18.9 Å². The first-order valence-electron chi connectivity index (χ1n) is 7.97. The molecule has 3 aromatic carbocycles. The average molecular weight is 308 g/mol. The van der Waals surface area contributed by atoms with Crippen LogP contribution in [0.1, 0.15) is 23.1 Å². The number of rotatable bonds is 6. The first kappa shape index (κ1) is 18.6. The van der Waals surface area contributed by atoms with Crippen LogP contribution in [0, 0.1) is 6.92 Å². The first-order chi connectivity index (χ1) is 11.4. The van der Waals surface area contributed by atoms with Crippen LogP contribution < -0.4 is 18.9 Å². The standard InChI is InChI=1S/C22H21O.Li/c1-2-18-23-22(19-12-6-3-7-13-19,20-14-8-4-9-15-20)21-16-10-5-11-17-21;/h3-17H,1-2,18H2;/q-1;+1. The summed E-state index contributed by atoms with van der Waals surface area (Å²) in [5.41, 5.74) is 2.78. The Kier molecular flexibility index (Phi) is 6.88. The van der Waals surface area contributed by atoms with Gasteiger partial charge in [-0.15, -0.1) is 0 Å². The molecule has 0 atom stereocenters. The third-order valence-electron chi connectivity index (χ3n) is 4.00. The summed E-state index contributed by atoms with van der Waals surface area (Å²) in [5, 5.41) is 0. The van der Waals surface area contributed by atoms with Gasteiger partial charge in [-0.3, -0.25) is 0 Å². The molecule has 0 unspecified atom stereocenters. The van der Waals surface area contributed by atoms with E-state index < -0.39 is 5.60 Å². The van der Waals surface area contributed by atoms with Crippen LogP contribution in [0.25, 0.3) is 0 Å². The van der Waals surface area contributed by atoms with Crippen molar-refractivity contribution in [1.82, 2.24) is 0 Å². The quantitative estimate of drug-likeness (QED) is 0.385. The molecular weight excluding hydrogens is 287 g/mol. The van der Waals surface area contributed by atoms with Crippen molar-refractivity contribution in [3.8, 4) is 0 Å². The summed E-state index contributed by atoms with van der Waals surface area (Å²) >= 11 is 0. The SMILES string of the molecule is [CH2-]CCOC(c1ccccc1)(c1ccccc1)c1ccccc1.[Li+]. The Morgan fingerprint density at radius 3 is 1.25 bits per heavy atom. The van der Waals surface area contributed by atoms with Gasteiger partial charge in [0, 0.05) is 6.61 Å². The average Bonchev–Trinajstić information content (AvgIpc) is 2.65. The predicted octanol–water partition coefficient (Wildman–Crippen LogP) is 2.22. The van der Waals surface area contributed by atoms with Crippen molar-refractivity contribution < 1.29 is 23.6 Å². The second-order valence-electron chi connectivity index (χ2n) is 5.48. The fourth-order valence-electron chi connectivity index (χ4n) is 2.99. The summed E-state index contributed by atoms with van der Waals surface area (Å²) in [6.07, 6.45) is 0.730. The molecule has 1 nitrogen and oxygen atoms in total. The van der Waals surface area contributed by atoms with E-state index >= 15 is 0 Å². The van der Waals surface area contributed by atoms with Gasteiger partial charge in [-0.2, -0.15) is 6.42 Å². The van der Waals surface area contributed by atoms with Crippen molar-refractivity contribution in [1.29, 1.82) is 0 Å². The summed E-state index contributed by atoms with van der Waals surface area (Å²) in [6, 6.07) is 31.2. The van der Waals surface area contributed by atoms with E-state index in [9.17, 15) is 0 Å². The zero-order valence-corrected chi connectivity index (χ0v) is 14.2. The van der Waals surface area contributed by atoms with E-state index in [1.54, 1.807) is 0 Å². The molecule has 0 spiro atoms. The van der Waals surface area contributed by atoms with Crippen molar-refractivity contribution in [3.05, 3.63) is 115 Å². The van der Waals surface area contributed by atoms with Crippen LogP contribution >= 0.6 is 0 Å². The van der Waals surface area contributed by atoms with Gasteiger partial charge in [-0.25, -0.2) is 0 Å². The Morgan fingerprint density at radius 1 is 0.625 bits per heavy atom. The number of hydrogen-bond donors (Lipinski definition) is 0. The van der Waals surface area contributed by atoms with E-state index in [1.165, 1.54) is 0 Å². The maximum Gasteiger partial charge on any atom is 1.00 e. The van der Waals surface area contributed by atoms with Gasteiger partial charge < -0.3 is 11.7 Å². The molecule has 116 valence electrons. The molecule has 0 saturated heterocycles. The largest absolute Gasteiger partial charge is 1.00 e. The van der Waals surface area contributed by atoms with E-state index in [0.29, 0.717) is 6.61 Å². The topological polar surface area (TPSA) is 9.23 Å². The normalized spacial score (nSPS) is 10.9. The van der Waals surface area contributed by atoms with Crippen molar-refractivity contribution in [2.75, 3.05) is 6.61 Å². The summed E-state index contributed by atoms with van der Waals surface area (Å²) < 4.78 is 6.47. The van der Waals surface area contributed by atoms with Crippen LogP contribution in [0.5, 0.6) is 0 Å². The van der Waals surface area contributed by atoms with Crippen molar-refractivity contribution in [3.63, 3.8) is 0 Å². The second kappa shape index (κ2) is 8.90. The molecule has 0 saturated carbocycles. The van der Waals surface area contributed by atoms with Gasteiger partial charge in [-0.05, 0) is 16.7 Å². The minimum Gasteiger partial charge on any atom is -0.363 e. The van der Waals surface area contributed by atoms with Crippen LogP contribution in [-0.2, 0) is 10.3 Å². The first-order valence-corrected chi connectivity index (χ1v) is 7.97. The fraction of sp³-hybridized carbons (Fsp3) is 0.136. The maximum absolute atomic E-state index is 6.47. The molecular formula is C22H21LiO. The van der Waals surface area contributed by atoms with Crippen molar-refractivity contribution in [2.24, 2.45) is 0 Å². The third-order valence-corrected chi connectivity index (χ3v) is 4.00. The third kappa shape index (κ3) is 3.65. The minimum atomic E-state index is -0.610. The molecule has 0 radical (unpaired) electrons. The van der Waals surface area contributed by atoms with E-state index in [0.717, 1.165) is 23.1 Å². The van der Waals surface area contributed by atoms with Crippen molar-refractivity contribution >= 4 is 0 Å². The second-order valence-corrected chi connectivity index (χ2v) is 5.48. The van der Waals surface area contributed by atoms with E-state index in [4.69, 9.17) is 4.74 Å². The monoisotopic (exact) mass is 308 g/mol. The zero-order chi connectivity index (χ0) is 16.0. The molecule has 2 heteroatoms. The molecule has 0 heterocycles. The smallest absolute Gasteiger partial charge is 0.363 e. The van der Waals surface area contributed by atoms with Crippen molar-refractivity contribution in [2.45, 2.75) is 12.0 Å². The predicted molar refractivity (Wildman–Crippen MR) is 95.1 cm³/mol. The van der Waals surface area contributed by atoms with Gasteiger partial charge in [0.15, 0.2) is 0 Å². The number of ether oxygens (including phenoxy) is 1. The van der Waals surface area contributed by atoms with Gasteiger partial charge in [0.2, 0.25) is 0 Å². The Bertz CT molecular complexity index is 614. The van der Waals surface area contributed by atoms with Gasteiger partial charge in [0.05, 0.1) is 0 Å². The van der Waals surface area contributed by atoms with Crippen LogP contribution in [0.4, 0.5) is 0 Å². The molecule has 0 bridgehead atoms. The molecule has 0 aromatic heterocycles. The Morgan fingerprint density at radius 2 is 0.958 bits per heavy atom. The Labute approximate surface area is 156 Å². The fourth-order valence-corrected chi connectivity index (χ4v) is 2.99. The number of benzene rings is 3. The molecule has 3 rings (SSSR count). The van der Waals surface area contributed by atoms with E-state index in [2.05, 4.69) is 79.7 Å². The van der Waals surface area contributed by atoms with Gasteiger partial charge in [0.1, 0.15) is 5.60 Å². The summed E-state index contributed by atoms with van der Waals surface area (Å²) in [4.78, 5) is 0. The summed E-state index contributed by atoms with van der Waals surface area (Å²) in [5.74, 6) is 0. The molecule has 0 amide bonds. The number of hydrogen-bond acceptors (Lipinski definition) is 1. The van der Waals surface area contributed by atoms with Crippen LogP contribution in [0.2, 0.25) is 0 Å². The van der Waals surface area contributed by atoms with Gasteiger partial charge in [0.25, 0.3) is 0 Å². The Balaban J connectivity index is 0.00000208. The van der Waals surface area contributed by atoms with Crippen LogP contribution in [-0.4, -0.2) is 6.61 Å². The van der Waals surface area contributed by atoms with Gasteiger partial charge in [-0.1, -0.05) is 91.0 Å². The van der Waals surface area contributed by atoms with E-state index in [1.807, 2.05) is 18.2 Å². The molecule has 0 aliphatic rings. The zero-order valence-electron chi connectivity index (χ0n) is 14.2.